The lowest BCUT2D eigenvalue weighted by molar-refractivity contribution is 0.140. The maximum absolute atomic E-state index is 13.8. The lowest BCUT2D eigenvalue weighted by Crippen LogP contribution is -2.49. The van der Waals surface area contributed by atoms with E-state index in [-0.39, 0.29) is 5.92 Å². The van der Waals surface area contributed by atoms with Crippen molar-refractivity contribution in [3.05, 3.63) is 17.7 Å². The minimum atomic E-state index is -1.000. The number of fused-ring (bicyclic) bond motifs is 1. The van der Waals surface area contributed by atoms with Crippen molar-refractivity contribution in [1.29, 1.82) is 0 Å². The van der Waals surface area contributed by atoms with Gasteiger partial charge in [-0.15, -0.1) is 0 Å². The molecule has 4 rings (SSSR count). The zero-order chi connectivity index (χ0) is 19.7. The van der Waals surface area contributed by atoms with Gasteiger partial charge in [-0.25, -0.2) is 14.1 Å². The highest BCUT2D eigenvalue weighted by Gasteiger charge is 2.34. The third kappa shape index (κ3) is 3.92. The fourth-order valence-electron chi connectivity index (χ4n) is 5.00. The van der Waals surface area contributed by atoms with Crippen LogP contribution in [0.4, 0.5) is 4.39 Å². The third-order valence-electron chi connectivity index (χ3n) is 6.58. The molecule has 154 valence electrons. The number of hydrogen-bond donors (Lipinski definition) is 1. The predicted octanol–water partition coefficient (Wildman–Crippen LogP) is 2.64. The summed E-state index contributed by atoms with van der Waals surface area (Å²) in [6, 6.07) is 0.386. The van der Waals surface area contributed by atoms with Crippen molar-refractivity contribution < 1.29 is 4.39 Å². The molecule has 4 atom stereocenters. The van der Waals surface area contributed by atoms with Crippen molar-refractivity contribution in [3.63, 3.8) is 0 Å². The van der Waals surface area contributed by atoms with Gasteiger partial charge in [0.15, 0.2) is 0 Å². The van der Waals surface area contributed by atoms with Crippen LogP contribution in [0.15, 0.2) is 16.3 Å². The van der Waals surface area contributed by atoms with Gasteiger partial charge in [0, 0.05) is 37.2 Å². The van der Waals surface area contributed by atoms with E-state index in [1.807, 2.05) is 17.9 Å². The molecule has 1 N–H and O–H groups in total. The Hall–Kier alpha value is -1.60. The Morgan fingerprint density at radius 3 is 3.00 bits per heavy atom. The molecule has 3 aliphatic heterocycles. The summed E-state index contributed by atoms with van der Waals surface area (Å²) in [7, 11) is 2.04. The van der Waals surface area contributed by atoms with Crippen LogP contribution < -0.4 is 5.32 Å². The highest BCUT2D eigenvalue weighted by atomic mass is 19.1. The van der Waals surface area contributed by atoms with E-state index >= 15 is 0 Å². The van der Waals surface area contributed by atoms with E-state index in [1.54, 1.807) is 6.92 Å². The summed E-state index contributed by atoms with van der Waals surface area (Å²) in [5.41, 5.74) is 2.98. The third-order valence-corrected chi connectivity index (χ3v) is 6.58. The van der Waals surface area contributed by atoms with Gasteiger partial charge in [-0.3, -0.25) is 9.89 Å². The number of aryl methyl sites for hydroxylation is 1. The molecule has 28 heavy (non-hydrogen) atoms. The van der Waals surface area contributed by atoms with Crippen molar-refractivity contribution in [2.75, 3.05) is 33.2 Å². The molecule has 0 saturated carbocycles. The molecular weight excluding hydrogens is 355 g/mol. The first-order valence-electron chi connectivity index (χ1n) is 10.7. The minimum absolute atomic E-state index is 0.289. The van der Waals surface area contributed by atoms with E-state index in [0.29, 0.717) is 24.1 Å². The molecular formula is C21H33FN6. The average Bonchev–Trinajstić information content (AvgIpc) is 3.12. The Bertz CT molecular complexity index is 750. The standard InChI is InChI=1S/C21H33FN6/c1-14(22)18-6-7-21-25-12-20(28(21)26-18)17-9-19(15(2)24-11-17)27-8-4-5-16(13-27)10-23-3/h12,14,16-17,19,23H,4-11,13H2,1-3H3. The van der Waals surface area contributed by atoms with E-state index in [2.05, 4.69) is 27.2 Å². The molecule has 0 amide bonds. The normalized spacial score (nSPS) is 29.8. The van der Waals surface area contributed by atoms with Crippen molar-refractivity contribution in [3.8, 4) is 0 Å². The number of aromatic nitrogens is 2. The molecule has 6 nitrogen and oxygen atoms in total. The molecule has 0 aromatic carbocycles. The van der Waals surface area contributed by atoms with Gasteiger partial charge in [0.25, 0.3) is 0 Å². The Morgan fingerprint density at radius 2 is 2.21 bits per heavy atom. The van der Waals surface area contributed by atoms with Crippen LogP contribution in [0.3, 0.4) is 0 Å². The summed E-state index contributed by atoms with van der Waals surface area (Å²) >= 11 is 0. The molecule has 1 fully saturated rings. The van der Waals surface area contributed by atoms with Crippen molar-refractivity contribution in [2.45, 2.75) is 64.1 Å². The van der Waals surface area contributed by atoms with Crippen LogP contribution in [-0.4, -0.2) is 71.4 Å². The Balaban J connectivity index is 1.53. The molecule has 0 radical (unpaired) electrons. The molecule has 1 saturated heterocycles. The number of piperidine rings is 1. The number of hydrogen-bond acceptors (Lipinski definition) is 5. The first-order valence-corrected chi connectivity index (χ1v) is 10.7. The molecule has 0 spiro atoms. The molecule has 1 aromatic rings. The van der Waals surface area contributed by atoms with Crippen LogP contribution in [0.5, 0.6) is 0 Å². The second-order valence-corrected chi connectivity index (χ2v) is 8.61. The number of alkyl halides is 1. The summed E-state index contributed by atoms with van der Waals surface area (Å²) in [6.45, 7) is 7.89. The Labute approximate surface area is 167 Å². The number of halogens is 1. The molecule has 3 aliphatic rings. The lowest BCUT2D eigenvalue weighted by Gasteiger charge is -2.41. The predicted molar refractivity (Wildman–Crippen MR) is 111 cm³/mol. The lowest BCUT2D eigenvalue weighted by atomic mass is 9.88. The summed E-state index contributed by atoms with van der Waals surface area (Å²) in [5.74, 6) is 1.96. The number of nitrogens with zero attached hydrogens (tertiary/aromatic N) is 5. The fourth-order valence-corrected chi connectivity index (χ4v) is 5.00. The SMILES string of the molecule is CNCC1CCCN(C2CC(c3cnc4n3N=C(C(C)F)CC4)CN=C2C)C1. The van der Waals surface area contributed by atoms with E-state index in [1.165, 1.54) is 18.6 Å². The van der Waals surface area contributed by atoms with Gasteiger partial charge in [0.2, 0.25) is 0 Å². The zero-order valence-electron chi connectivity index (χ0n) is 17.4. The van der Waals surface area contributed by atoms with Crippen LogP contribution in [0.1, 0.15) is 57.0 Å². The van der Waals surface area contributed by atoms with Crippen molar-refractivity contribution in [2.24, 2.45) is 16.0 Å². The molecule has 4 unspecified atom stereocenters. The van der Waals surface area contributed by atoms with Crippen molar-refractivity contribution in [1.82, 2.24) is 19.9 Å². The first kappa shape index (κ1) is 19.7. The minimum Gasteiger partial charge on any atom is -0.319 e. The summed E-state index contributed by atoms with van der Waals surface area (Å²) in [6.07, 6.45) is 5.98. The topological polar surface area (TPSA) is 57.8 Å². The van der Waals surface area contributed by atoms with Gasteiger partial charge in [0.05, 0.1) is 17.6 Å². The second kappa shape index (κ2) is 8.41. The van der Waals surface area contributed by atoms with Gasteiger partial charge < -0.3 is 5.32 Å². The van der Waals surface area contributed by atoms with E-state index in [0.717, 1.165) is 50.5 Å². The van der Waals surface area contributed by atoms with Gasteiger partial charge in [0.1, 0.15) is 12.0 Å². The summed E-state index contributed by atoms with van der Waals surface area (Å²) in [4.78, 5) is 12.1. The number of imidazole rings is 1. The van der Waals surface area contributed by atoms with Crippen LogP contribution in [0.2, 0.25) is 0 Å². The summed E-state index contributed by atoms with van der Waals surface area (Å²) < 4.78 is 15.7. The summed E-state index contributed by atoms with van der Waals surface area (Å²) in [5, 5.41) is 7.94. The van der Waals surface area contributed by atoms with Gasteiger partial charge in [-0.2, -0.15) is 5.10 Å². The van der Waals surface area contributed by atoms with E-state index in [9.17, 15) is 4.39 Å². The monoisotopic (exact) mass is 388 g/mol. The molecule has 0 bridgehead atoms. The van der Waals surface area contributed by atoms with Crippen LogP contribution in [0.25, 0.3) is 0 Å². The van der Waals surface area contributed by atoms with Gasteiger partial charge in [-0.05, 0) is 65.6 Å². The maximum Gasteiger partial charge on any atom is 0.137 e. The largest absolute Gasteiger partial charge is 0.319 e. The molecule has 0 aliphatic carbocycles. The van der Waals surface area contributed by atoms with Crippen LogP contribution >= 0.6 is 0 Å². The smallest absolute Gasteiger partial charge is 0.137 e. The fraction of sp³-hybridized carbons (Fsp3) is 0.762. The highest BCUT2D eigenvalue weighted by Crippen LogP contribution is 2.32. The number of rotatable bonds is 5. The Morgan fingerprint density at radius 1 is 1.36 bits per heavy atom. The molecule has 1 aromatic heterocycles. The highest BCUT2D eigenvalue weighted by molar-refractivity contribution is 5.89. The van der Waals surface area contributed by atoms with Crippen LogP contribution in [0, 0.1) is 5.92 Å². The first-order chi connectivity index (χ1) is 13.6. The maximum atomic E-state index is 13.8. The van der Waals surface area contributed by atoms with E-state index in [4.69, 9.17) is 4.99 Å². The average molecular weight is 389 g/mol. The number of nitrogens with one attached hydrogen (secondary N) is 1. The zero-order valence-corrected chi connectivity index (χ0v) is 17.4. The number of aliphatic imine (C=N–C) groups is 1. The van der Waals surface area contributed by atoms with Gasteiger partial charge in [-0.1, -0.05) is 0 Å². The van der Waals surface area contributed by atoms with Crippen LogP contribution in [-0.2, 0) is 6.42 Å². The number of likely N-dealkylation sites (tertiary alicyclic amines) is 1. The molecule has 4 heterocycles. The van der Waals surface area contributed by atoms with Crippen molar-refractivity contribution >= 4 is 11.4 Å². The Kier molecular flexibility index (Phi) is 5.92. The molecule has 7 heteroatoms. The quantitative estimate of drug-likeness (QED) is 0.844. The van der Waals surface area contributed by atoms with Gasteiger partial charge >= 0.3 is 0 Å². The second-order valence-electron chi connectivity index (χ2n) is 8.61. The van der Waals surface area contributed by atoms with E-state index < -0.39 is 6.17 Å².